The van der Waals surface area contributed by atoms with Crippen LogP contribution in [0.15, 0.2) is 0 Å². The maximum absolute atomic E-state index is 8.48. The van der Waals surface area contributed by atoms with E-state index >= 15 is 0 Å². The van der Waals surface area contributed by atoms with Gasteiger partial charge in [-0.2, -0.15) is 5.26 Å². The highest BCUT2D eigenvalue weighted by atomic mass is 15.1. The lowest BCUT2D eigenvalue weighted by atomic mass is 10.00. The molecule has 1 rings (SSSR count). The summed E-state index contributed by atoms with van der Waals surface area (Å²) in [6.07, 6.45) is 2.65. The molecule has 0 aromatic heterocycles. The van der Waals surface area contributed by atoms with Gasteiger partial charge in [-0.1, -0.05) is 6.92 Å². The van der Waals surface area contributed by atoms with Gasteiger partial charge < -0.3 is 0 Å². The Hall–Kier alpha value is -0.550. The molecule has 0 aromatic rings. The van der Waals surface area contributed by atoms with E-state index in [0.717, 1.165) is 0 Å². The fourth-order valence-electron chi connectivity index (χ4n) is 1.40. The molecule has 1 atom stereocenters. The standard InChI is InChI=1S/C9H16N2/c1-8(9(2)4-5-9)11(3)7-6-10/h8H,4-5,7H2,1-3H3. The van der Waals surface area contributed by atoms with Crippen LogP contribution in [0.5, 0.6) is 0 Å². The first kappa shape index (κ1) is 8.55. The zero-order valence-corrected chi connectivity index (χ0v) is 7.59. The molecule has 0 bridgehead atoms. The van der Waals surface area contributed by atoms with Crippen molar-refractivity contribution in [3.05, 3.63) is 0 Å². The minimum Gasteiger partial charge on any atom is -0.290 e. The highest BCUT2D eigenvalue weighted by Gasteiger charge is 2.43. The summed E-state index contributed by atoms with van der Waals surface area (Å²) in [5.74, 6) is 0. The summed E-state index contributed by atoms with van der Waals surface area (Å²) in [7, 11) is 2.03. The first-order valence-corrected chi connectivity index (χ1v) is 4.17. The second kappa shape index (κ2) is 2.83. The average molecular weight is 152 g/mol. The average Bonchev–Trinajstić information content (AvgIpc) is 2.68. The van der Waals surface area contributed by atoms with Gasteiger partial charge in [0.1, 0.15) is 0 Å². The van der Waals surface area contributed by atoms with Crippen LogP contribution in [0.4, 0.5) is 0 Å². The van der Waals surface area contributed by atoms with Gasteiger partial charge in [0.2, 0.25) is 0 Å². The first-order valence-electron chi connectivity index (χ1n) is 4.17. The van der Waals surface area contributed by atoms with E-state index in [-0.39, 0.29) is 0 Å². The van der Waals surface area contributed by atoms with Gasteiger partial charge >= 0.3 is 0 Å². The Labute approximate surface area is 68.8 Å². The Kier molecular flexibility index (Phi) is 2.20. The molecule has 0 amide bonds. The van der Waals surface area contributed by atoms with Crippen molar-refractivity contribution in [1.82, 2.24) is 4.90 Å². The van der Waals surface area contributed by atoms with Crippen LogP contribution in [-0.4, -0.2) is 24.5 Å². The van der Waals surface area contributed by atoms with Gasteiger partial charge in [-0.25, -0.2) is 0 Å². The van der Waals surface area contributed by atoms with Gasteiger partial charge in [-0.05, 0) is 32.2 Å². The van der Waals surface area contributed by atoms with E-state index in [1.54, 1.807) is 0 Å². The van der Waals surface area contributed by atoms with Crippen molar-refractivity contribution in [1.29, 1.82) is 5.26 Å². The molecule has 2 nitrogen and oxygen atoms in total. The quantitative estimate of drug-likeness (QED) is 0.575. The molecule has 2 heteroatoms. The van der Waals surface area contributed by atoms with Gasteiger partial charge in [0.25, 0.3) is 0 Å². The lowest BCUT2D eigenvalue weighted by Gasteiger charge is -2.27. The van der Waals surface area contributed by atoms with Gasteiger partial charge in [0.05, 0.1) is 12.6 Å². The molecule has 0 saturated heterocycles. The molecule has 0 N–H and O–H groups in total. The van der Waals surface area contributed by atoms with Crippen LogP contribution in [0.1, 0.15) is 26.7 Å². The monoisotopic (exact) mass is 152 g/mol. The molecular weight excluding hydrogens is 136 g/mol. The van der Waals surface area contributed by atoms with E-state index < -0.39 is 0 Å². The zero-order valence-electron chi connectivity index (χ0n) is 7.59. The summed E-state index contributed by atoms with van der Waals surface area (Å²) in [6.45, 7) is 5.06. The lowest BCUT2D eigenvalue weighted by molar-refractivity contribution is 0.205. The maximum atomic E-state index is 8.48. The van der Waals surface area contributed by atoms with Gasteiger partial charge in [0.15, 0.2) is 0 Å². The first-order chi connectivity index (χ1) is 5.10. The van der Waals surface area contributed by atoms with Gasteiger partial charge in [0, 0.05) is 6.04 Å². The zero-order chi connectivity index (χ0) is 8.48. The number of nitrogens with zero attached hydrogens (tertiary/aromatic N) is 2. The third kappa shape index (κ3) is 1.72. The minimum absolute atomic E-state index is 0.506. The van der Waals surface area contributed by atoms with Gasteiger partial charge in [-0.3, -0.25) is 4.90 Å². The second-order valence-electron chi connectivity index (χ2n) is 3.90. The van der Waals surface area contributed by atoms with Crippen LogP contribution >= 0.6 is 0 Å². The van der Waals surface area contributed by atoms with Crippen LogP contribution in [-0.2, 0) is 0 Å². The molecule has 0 radical (unpaired) electrons. The normalized spacial score (nSPS) is 22.8. The maximum Gasteiger partial charge on any atom is 0.0865 e. The predicted molar refractivity (Wildman–Crippen MR) is 45.0 cm³/mol. The van der Waals surface area contributed by atoms with E-state index in [0.29, 0.717) is 18.0 Å². The fraction of sp³-hybridized carbons (Fsp3) is 0.889. The van der Waals surface area contributed by atoms with E-state index in [1.165, 1.54) is 12.8 Å². The molecule has 1 unspecified atom stereocenters. The summed E-state index contributed by atoms with van der Waals surface area (Å²) >= 11 is 0. The number of hydrogen-bond donors (Lipinski definition) is 0. The Bertz CT molecular complexity index is 176. The molecule has 1 aliphatic rings. The smallest absolute Gasteiger partial charge is 0.0865 e. The van der Waals surface area contributed by atoms with Crippen LogP contribution in [0.25, 0.3) is 0 Å². The summed E-state index contributed by atoms with van der Waals surface area (Å²) in [5.41, 5.74) is 0.506. The molecule has 1 saturated carbocycles. The van der Waals surface area contributed by atoms with Crippen molar-refractivity contribution in [2.75, 3.05) is 13.6 Å². The summed E-state index contributed by atoms with van der Waals surface area (Å²) < 4.78 is 0. The molecule has 0 aromatic carbocycles. The predicted octanol–water partition coefficient (Wildman–Crippen LogP) is 1.63. The van der Waals surface area contributed by atoms with Crippen LogP contribution < -0.4 is 0 Å². The Morgan fingerprint density at radius 3 is 2.55 bits per heavy atom. The molecule has 1 aliphatic carbocycles. The number of nitriles is 1. The summed E-state index contributed by atoms with van der Waals surface area (Å²) in [4.78, 5) is 2.13. The van der Waals surface area contributed by atoms with Crippen LogP contribution in [0.3, 0.4) is 0 Å². The van der Waals surface area contributed by atoms with Crippen molar-refractivity contribution in [3.63, 3.8) is 0 Å². The fourth-order valence-corrected chi connectivity index (χ4v) is 1.40. The molecule has 0 aliphatic heterocycles. The van der Waals surface area contributed by atoms with Crippen molar-refractivity contribution in [2.24, 2.45) is 5.41 Å². The van der Waals surface area contributed by atoms with Crippen molar-refractivity contribution in [3.8, 4) is 6.07 Å². The van der Waals surface area contributed by atoms with Crippen molar-refractivity contribution in [2.45, 2.75) is 32.7 Å². The van der Waals surface area contributed by atoms with Crippen LogP contribution in [0.2, 0.25) is 0 Å². The summed E-state index contributed by atoms with van der Waals surface area (Å²) in [5, 5.41) is 8.48. The Morgan fingerprint density at radius 1 is 1.64 bits per heavy atom. The highest BCUT2D eigenvalue weighted by molar-refractivity contribution is 4.98. The number of rotatable bonds is 3. The molecule has 0 heterocycles. The summed E-state index contributed by atoms with van der Waals surface area (Å²) in [6, 6.07) is 2.73. The lowest BCUT2D eigenvalue weighted by Crippen LogP contribution is -2.35. The highest BCUT2D eigenvalue weighted by Crippen LogP contribution is 2.49. The van der Waals surface area contributed by atoms with Crippen molar-refractivity contribution < 1.29 is 0 Å². The van der Waals surface area contributed by atoms with E-state index in [2.05, 4.69) is 24.8 Å². The third-order valence-corrected chi connectivity index (χ3v) is 3.03. The number of hydrogen-bond acceptors (Lipinski definition) is 2. The molecular formula is C9H16N2. The molecule has 1 fully saturated rings. The molecule has 0 spiro atoms. The third-order valence-electron chi connectivity index (χ3n) is 3.03. The Morgan fingerprint density at radius 2 is 2.18 bits per heavy atom. The topological polar surface area (TPSA) is 27.0 Å². The van der Waals surface area contributed by atoms with Crippen LogP contribution in [0, 0.1) is 16.7 Å². The second-order valence-corrected chi connectivity index (χ2v) is 3.90. The molecule has 11 heavy (non-hydrogen) atoms. The van der Waals surface area contributed by atoms with Crippen molar-refractivity contribution >= 4 is 0 Å². The van der Waals surface area contributed by atoms with E-state index in [1.807, 2.05) is 7.05 Å². The SMILES string of the molecule is CC(N(C)CC#N)C1(C)CC1. The Balaban J connectivity index is 2.41. The van der Waals surface area contributed by atoms with Gasteiger partial charge in [-0.15, -0.1) is 0 Å². The van der Waals surface area contributed by atoms with E-state index in [4.69, 9.17) is 5.26 Å². The largest absolute Gasteiger partial charge is 0.290 e. The van der Waals surface area contributed by atoms with E-state index in [9.17, 15) is 0 Å². The molecule has 62 valence electrons. The minimum atomic E-state index is 0.506.